The van der Waals surface area contributed by atoms with Crippen LogP contribution in [0.15, 0.2) is 24.3 Å². The van der Waals surface area contributed by atoms with Crippen molar-refractivity contribution in [3.05, 3.63) is 46.1 Å². The Morgan fingerprint density at radius 3 is 2.68 bits per heavy atom. The van der Waals surface area contributed by atoms with E-state index in [2.05, 4.69) is 11.2 Å². The van der Waals surface area contributed by atoms with Crippen LogP contribution >= 0.6 is 11.6 Å². The zero-order valence-electron chi connectivity index (χ0n) is 10.9. The van der Waals surface area contributed by atoms with Crippen LogP contribution in [0.3, 0.4) is 0 Å². The molecule has 0 spiro atoms. The number of anilines is 1. The fraction of sp³-hybridized carbons (Fsp3) is 0.286. The third kappa shape index (κ3) is 2.56. The molecule has 0 aliphatic carbocycles. The topological polar surface area (TPSA) is 67.6 Å². The highest BCUT2D eigenvalue weighted by Crippen LogP contribution is 2.24. The number of nitrogen functional groups attached to an aromatic ring is 1. The average Bonchev–Trinajstić information content (AvgIpc) is 2.68. The number of hydrogen-bond acceptors (Lipinski definition) is 3. The molecule has 0 aliphatic rings. The molecule has 2 aromatic rings. The first-order valence-corrected chi connectivity index (χ1v) is 6.42. The van der Waals surface area contributed by atoms with Crippen LogP contribution in [-0.4, -0.2) is 9.78 Å². The molecule has 0 bridgehead atoms. The van der Waals surface area contributed by atoms with Gasteiger partial charge in [-0.3, -0.25) is 0 Å². The van der Waals surface area contributed by atoms with Gasteiger partial charge in [0.2, 0.25) is 0 Å². The van der Waals surface area contributed by atoms with Gasteiger partial charge < -0.3 is 5.73 Å². The Balaban J connectivity index is 2.44. The molecule has 0 atom stereocenters. The SMILES string of the molecule is CC(C)n1nc(Cc2ccccc2Cl)c(C#N)c1N. The fourth-order valence-electron chi connectivity index (χ4n) is 1.96. The van der Waals surface area contributed by atoms with E-state index >= 15 is 0 Å². The first kappa shape index (κ1) is 13.4. The van der Waals surface area contributed by atoms with E-state index in [0.717, 1.165) is 5.56 Å². The van der Waals surface area contributed by atoms with E-state index in [1.54, 1.807) is 4.68 Å². The number of nitrogens with zero attached hydrogens (tertiary/aromatic N) is 3. The summed E-state index contributed by atoms with van der Waals surface area (Å²) in [6.45, 7) is 3.95. The highest BCUT2D eigenvalue weighted by Gasteiger charge is 2.17. The van der Waals surface area contributed by atoms with Gasteiger partial charge in [0.15, 0.2) is 0 Å². The molecule has 2 N–H and O–H groups in total. The minimum atomic E-state index is 0.118. The minimum absolute atomic E-state index is 0.118. The summed E-state index contributed by atoms with van der Waals surface area (Å²) < 4.78 is 1.67. The van der Waals surface area contributed by atoms with Crippen LogP contribution < -0.4 is 5.73 Å². The lowest BCUT2D eigenvalue weighted by molar-refractivity contribution is 0.535. The number of aromatic nitrogens is 2. The van der Waals surface area contributed by atoms with Crippen molar-refractivity contribution in [3.8, 4) is 6.07 Å². The average molecular weight is 275 g/mol. The van der Waals surface area contributed by atoms with E-state index in [4.69, 9.17) is 17.3 Å². The summed E-state index contributed by atoms with van der Waals surface area (Å²) >= 11 is 6.13. The molecule has 0 radical (unpaired) electrons. The van der Waals surface area contributed by atoms with Crippen molar-refractivity contribution in [1.82, 2.24) is 9.78 Å². The highest BCUT2D eigenvalue weighted by atomic mass is 35.5. The number of nitriles is 1. The summed E-state index contributed by atoms with van der Waals surface area (Å²) in [4.78, 5) is 0. The van der Waals surface area contributed by atoms with Gasteiger partial charge in [-0.2, -0.15) is 10.4 Å². The summed E-state index contributed by atoms with van der Waals surface area (Å²) in [5.41, 5.74) is 8.00. The standard InChI is InChI=1S/C14H15ClN4/c1-9(2)19-14(17)11(8-16)13(18-19)7-10-5-3-4-6-12(10)15/h3-6,9H,7,17H2,1-2H3. The molecule has 0 unspecified atom stereocenters. The minimum Gasteiger partial charge on any atom is -0.383 e. The monoisotopic (exact) mass is 274 g/mol. The fourth-order valence-corrected chi connectivity index (χ4v) is 2.16. The summed E-state index contributed by atoms with van der Waals surface area (Å²) in [5, 5.41) is 14.3. The molecular formula is C14H15ClN4. The highest BCUT2D eigenvalue weighted by molar-refractivity contribution is 6.31. The molecule has 0 saturated heterocycles. The predicted molar refractivity (Wildman–Crippen MR) is 76.0 cm³/mol. The molecule has 2 rings (SSSR count). The van der Waals surface area contributed by atoms with Gasteiger partial charge in [0, 0.05) is 17.5 Å². The second kappa shape index (κ2) is 5.33. The molecular weight excluding hydrogens is 260 g/mol. The van der Waals surface area contributed by atoms with Crippen molar-refractivity contribution in [2.75, 3.05) is 5.73 Å². The predicted octanol–water partition coefficient (Wildman–Crippen LogP) is 3.16. The Bertz CT molecular complexity index is 637. The van der Waals surface area contributed by atoms with Crippen molar-refractivity contribution in [2.45, 2.75) is 26.3 Å². The zero-order valence-corrected chi connectivity index (χ0v) is 11.6. The third-order valence-corrected chi connectivity index (χ3v) is 3.31. The molecule has 4 nitrogen and oxygen atoms in total. The van der Waals surface area contributed by atoms with Crippen LogP contribution in [0.5, 0.6) is 0 Å². The Morgan fingerprint density at radius 2 is 2.11 bits per heavy atom. The lowest BCUT2D eigenvalue weighted by Crippen LogP contribution is -2.07. The number of rotatable bonds is 3. The van der Waals surface area contributed by atoms with Gasteiger partial charge in [-0.05, 0) is 25.5 Å². The van der Waals surface area contributed by atoms with Crippen LogP contribution in [0.25, 0.3) is 0 Å². The smallest absolute Gasteiger partial charge is 0.140 e. The van der Waals surface area contributed by atoms with Gasteiger partial charge in [0.25, 0.3) is 0 Å². The number of hydrogen-bond donors (Lipinski definition) is 1. The van der Waals surface area contributed by atoms with Crippen LogP contribution in [0, 0.1) is 11.3 Å². The maximum absolute atomic E-state index is 9.23. The normalized spacial score (nSPS) is 10.7. The molecule has 1 heterocycles. The van der Waals surface area contributed by atoms with Crippen LogP contribution in [0.1, 0.15) is 36.7 Å². The lowest BCUT2D eigenvalue weighted by Gasteiger charge is -2.06. The lowest BCUT2D eigenvalue weighted by atomic mass is 10.1. The molecule has 1 aromatic carbocycles. The second-order valence-corrected chi connectivity index (χ2v) is 5.03. The first-order chi connectivity index (χ1) is 9.04. The Morgan fingerprint density at radius 1 is 1.42 bits per heavy atom. The van der Waals surface area contributed by atoms with Gasteiger partial charge in [0.1, 0.15) is 17.5 Å². The van der Waals surface area contributed by atoms with Crippen molar-refractivity contribution < 1.29 is 0 Å². The molecule has 19 heavy (non-hydrogen) atoms. The summed E-state index contributed by atoms with van der Waals surface area (Å²) in [6, 6.07) is 9.78. The largest absolute Gasteiger partial charge is 0.383 e. The van der Waals surface area contributed by atoms with Gasteiger partial charge in [-0.1, -0.05) is 29.8 Å². The molecule has 5 heteroatoms. The maximum Gasteiger partial charge on any atom is 0.140 e. The van der Waals surface area contributed by atoms with Gasteiger partial charge in [-0.15, -0.1) is 0 Å². The van der Waals surface area contributed by atoms with Crippen LogP contribution in [-0.2, 0) is 6.42 Å². The molecule has 0 fully saturated rings. The Hall–Kier alpha value is -1.99. The van der Waals surface area contributed by atoms with E-state index in [-0.39, 0.29) is 6.04 Å². The zero-order chi connectivity index (χ0) is 14.0. The number of benzene rings is 1. The molecule has 0 amide bonds. The number of nitrogens with two attached hydrogens (primary N) is 1. The van der Waals surface area contributed by atoms with Crippen molar-refractivity contribution in [3.63, 3.8) is 0 Å². The van der Waals surface area contributed by atoms with Gasteiger partial charge in [-0.25, -0.2) is 4.68 Å². The summed E-state index contributed by atoms with van der Waals surface area (Å²) in [5.74, 6) is 0.416. The van der Waals surface area contributed by atoms with E-state index in [1.807, 2.05) is 38.1 Å². The van der Waals surface area contributed by atoms with E-state index in [9.17, 15) is 5.26 Å². The summed E-state index contributed by atoms with van der Waals surface area (Å²) in [6.07, 6.45) is 0.506. The van der Waals surface area contributed by atoms with Crippen molar-refractivity contribution in [1.29, 1.82) is 5.26 Å². The Kier molecular flexibility index (Phi) is 3.77. The summed E-state index contributed by atoms with van der Waals surface area (Å²) in [7, 11) is 0. The van der Waals surface area contributed by atoms with Crippen molar-refractivity contribution >= 4 is 17.4 Å². The number of halogens is 1. The maximum atomic E-state index is 9.23. The second-order valence-electron chi connectivity index (χ2n) is 4.63. The molecule has 0 aliphatic heterocycles. The van der Waals surface area contributed by atoms with E-state index < -0.39 is 0 Å². The van der Waals surface area contributed by atoms with Crippen LogP contribution in [0.2, 0.25) is 5.02 Å². The van der Waals surface area contributed by atoms with Crippen LogP contribution in [0.4, 0.5) is 5.82 Å². The van der Waals surface area contributed by atoms with Gasteiger partial charge >= 0.3 is 0 Å². The molecule has 98 valence electrons. The van der Waals surface area contributed by atoms with E-state index in [1.165, 1.54) is 0 Å². The van der Waals surface area contributed by atoms with Crippen molar-refractivity contribution in [2.24, 2.45) is 0 Å². The molecule has 1 aromatic heterocycles. The third-order valence-electron chi connectivity index (χ3n) is 2.94. The first-order valence-electron chi connectivity index (χ1n) is 6.05. The van der Waals surface area contributed by atoms with E-state index in [0.29, 0.717) is 28.5 Å². The quantitative estimate of drug-likeness (QED) is 0.935. The van der Waals surface area contributed by atoms with Gasteiger partial charge in [0.05, 0.1) is 5.69 Å². The Labute approximate surface area is 117 Å². The molecule has 0 saturated carbocycles.